The Morgan fingerprint density at radius 2 is 0.972 bits per heavy atom. The Balaban J connectivity index is 1.02. The zero-order valence-electron chi connectivity index (χ0n) is 38.5. The van der Waals surface area contributed by atoms with Gasteiger partial charge in [0.15, 0.2) is 0 Å². The molecule has 1 aliphatic rings. The van der Waals surface area contributed by atoms with Gasteiger partial charge in [-0.3, -0.25) is 0 Å². The lowest BCUT2D eigenvalue weighted by Gasteiger charge is -2.35. The molecule has 0 N–H and O–H groups in total. The van der Waals surface area contributed by atoms with Crippen LogP contribution in [0.3, 0.4) is 0 Å². The molecule has 4 heteroatoms. The second-order valence-corrected chi connectivity index (χ2v) is 19.8. The first-order valence-electron chi connectivity index (χ1n) is 24.3. The van der Waals surface area contributed by atoms with E-state index in [1.54, 1.807) is 0 Å². The molecule has 0 unspecified atom stereocenters. The normalized spacial score (nSPS) is 12.9. The van der Waals surface area contributed by atoms with Crippen molar-refractivity contribution in [1.29, 1.82) is 0 Å². The van der Waals surface area contributed by atoms with Crippen molar-refractivity contribution in [3.8, 4) is 27.9 Å². The molecule has 3 aromatic heterocycles. The van der Waals surface area contributed by atoms with Gasteiger partial charge in [-0.2, -0.15) is 0 Å². The number of thiophene rings is 1. The van der Waals surface area contributed by atoms with Crippen molar-refractivity contribution in [2.75, 3.05) is 4.90 Å². The molecule has 0 saturated carbocycles. The second kappa shape index (κ2) is 15.5. The van der Waals surface area contributed by atoms with Gasteiger partial charge in [0.05, 0.1) is 16.4 Å². The molecule has 332 valence electrons. The summed E-state index contributed by atoms with van der Waals surface area (Å²) in [4.78, 5) is 2.49. The monoisotopic (exact) mass is 922 g/mol. The molecule has 0 spiro atoms. The summed E-state index contributed by atoms with van der Waals surface area (Å²) >= 11 is 1.85. The maximum Gasteiger partial charge on any atom is 0.143 e. The van der Waals surface area contributed by atoms with Gasteiger partial charge in [0.1, 0.15) is 11.2 Å². The van der Waals surface area contributed by atoms with Crippen molar-refractivity contribution in [2.45, 2.75) is 5.41 Å². The SMILES string of the molecule is c1ccc(-n2c3ccccc3c3cc(-c4cc(N(c5ccc6c(c5)C(c5ccccc5)(c5ccccc5)c5ccccc5-6)c5ccc6sc7ccccc7c6c5)cc5c4oc4ccccc45)ccc32)cc1. The van der Waals surface area contributed by atoms with Crippen molar-refractivity contribution in [2.24, 2.45) is 0 Å². The second-order valence-electron chi connectivity index (χ2n) is 18.8. The predicted octanol–water partition coefficient (Wildman–Crippen LogP) is 18.6. The number of hydrogen-bond donors (Lipinski definition) is 0. The van der Waals surface area contributed by atoms with Gasteiger partial charge >= 0.3 is 0 Å². The van der Waals surface area contributed by atoms with Crippen LogP contribution in [0, 0.1) is 0 Å². The van der Waals surface area contributed by atoms with Gasteiger partial charge in [0.25, 0.3) is 0 Å². The fourth-order valence-electron chi connectivity index (χ4n) is 12.0. The number of anilines is 3. The van der Waals surface area contributed by atoms with E-state index in [9.17, 15) is 0 Å². The van der Waals surface area contributed by atoms with Crippen LogP contribution in [0.2, 0.25) is 0 Å². The summed E-state index contributed by atoms with van der Waals surface area (Å²) in [6.07, 6.45) is 0. The summed E-state index contributed by atoms with van der Waals surface area (Å²) in [6.45, 7) is 0. The van der Waals surface area contributed by atoms with Gasteiger partial charge in [-0.1, -0.05) is 170 Å². The van der Waals surface area contributed by atoms with E-state index in [1.165, 1.54) is 69.8 Å². The molecule has 0 bridgehead atoms. The molecule has 0 radical (unpaired) electrons. The number of nitrogens with zero attached hydrogens (tertiary/aromatic N) is 2. The number of aromatic nitrogens is 1. The van der Waals surface area contributed by atoms with Crippen molar-refractivity contribution >= 4 is 92.3 Å². The summed E-state index contributed by atoms with van der Waals surface area (Å²) in [6, 6.07) is 93.7. The number of benzene rings is 11. The van der Waals surface area contributed by atoms with Crippen LogP contribution in [-0.4, -0.2) is 4.57 Å². The first-order valence-corrected chi connectivity index (χ1v) is 25.1. The first kappa shape index (κ1) is 40.0. The molecule has 71 heavy (non-hydrogen) atoms. The van der Waals surface area contributed by atoms with Crippen LogP contribution >= 0.6 is 11.3 Å². The average Bonchev–Trinajstić information content (AvgIpc) is 4.18. The summed E-state index contributed by atoms with van der Waals surface area (Å²) < 4.78 is 11.9. The minimum Gasteiger partial charge on any atom is -0.455 e. The standard InChI is InChI=1S/C67H42N2OS/c1-4-18-44(19-5-1)67(45-20-6-2-7-21-45)59-28-14-10-24-50(59)51-35-33-48(42-60(51)67)68(47-34-37-65-57(39-47)54-27-13-17-31-64(54)71-65)49-40-55(66-58(41-49)53-26-12-16-30-63(53)70-66)43-32-36-62-56(38-43)52-25-11-15-29-61(52)69(62)46-22-8-3-9-23-46/h1-42H. The molecule has 11 aromatic carbocycles. The lowest BCUT2D eigenvalue weighted by molar-refractivity contribution is 0.670. The Morgan fingerprint density at radius 1 is 0.366 bits per heavy atom. The van der Waals surface area contributed by atoms with Gasteiger partial charge in [-0.05, 0) is 124 Å². The molecule has 0 atom stereocenters. The van der Waals surface area contributed by atoms with Crippen LogP contribution in [0.15, 0.2) is 259 Å². The van der Waals surface area contributed by atoms with Crippen molar-refractivity contribution in [3.05, 3.63) is 277 Å². The molecular weight excluding hydrogens is 881 g/mol. The summed E-state index contributed by atoms with van der Waals surface area (Å²) in [5.74, 6) is 0. The maximum atomic E-state index is 6.95. The van der Waals surface area contributed by atoms with Crippen LogP contribution in [-0.2, 0) is 5.41 Å². The number of hydrogen-bond acceptors (Lipinski definition) is 3. The van der Waals surface area contributed by atoms with Gasteiger partial charge in [-0.25, -0.2) is 0 Å². The largest absolute Gasteiger partial charge is 0.455 e. The quantitative estimate of drug-likeness (QED) is 0.159. The molecule has 15 rings (SSSR count). The van der Waals surface area contributed by atoms with Gasteiger partial charge in [0, 0.05) is 70.0 Å². The van der Waals surface area contributed by atoms with Crippen molar-refractivity contribution < 1.29 is 4.42 Å². The van der Waals surface area contributed by atoms with Crippen molar-refractivity contribution in [3.63, 3.8) is 0 Å². The number of rotatable bonds is 7. The van der Waals surface area contributed by atoms with E-state index >= 15 is 0 Å². The number of furan rings is 1. The Kier molecular flexibility index (Phi) is 8.74. The van der Waals surface area contributed by atoms with Crippen LogP contribution in [0.4, 0.5) is 17.1 Å². The van der Waals surface area contributed by atoms with E-state index in [2.05, 4.69) is 264 Å². The predicted molar refractivity (Wildman–Crippen MR) is 298 cm³/mol. The lowest BCUT2D eigenvalue weighted by atomic mass is 9.67. The first-order chi connectivity index (χ1) is 35.2. The van der Waals surface area contributed by atoms with E-state index < -0.39 is 5.41 Å². The van der Waals surface area contributed by atoms with E-state index in [0.29, 0.717) is 0 Å². The van der Waals surface area contributed by atoms with Crippen LogP contribution in [0.25, 0.3) is 91.9 Å². The third-order valence-corrected chi connectivity index (χ3v) is 16.2. The minimum atomic E-state index is -0.562. The highest BCUT2D eigenvalue weighted by Crippen LogP contribution is 2.58. The topological polar surface area (TPSA) is 21.3 Å². The van der Waals surface area contributed by atoms with Crippen LogP contribution in [0.1, 0.15) is 22.3 Å². The average molecular weight is 923 g/mol. The highest BCUT2D eigenvalue weighted by molar-refractivity contribution is 7.25. The molecule has 1 aliphatic carbocycles. The van der Waals surface area contributed by atoms with Gasteiger partial charge < -0.3 is 13.9 Å². The van der Waals surface area contributed by atoms with E-state index in [4.69, 9.17) is 4.42 Å². The fourth-order valence-corrected chi connectivity index (χ4v) is 13.1. The Bertz CT molecular complexity index is 4370. The molecule has 3 heterocycles. The molecule has 14 aromatic rings. The Morgan fingerprint density at radius 3 is 1.79 bits per heavy atom. The maximum absolute atomic E-state index is 6.95. The van der Waals surface area contributed by atoms with E-state index in [-0.39, 0.29) is 0 Å². The molecule has 0 amide bonds. The third-order valence-electron chi connectivity index (χ3n) is 15.0. The zero-order chi connectivity index (χ0) is 46.6. The number of para-hydroxylation sites is 3. The molecule has 0 aliphatic heterocycles. The molecule has 0 fully saturated rings. The van der Waals surface area contributed by atoms with Gasteiger partial charge in [-0.15, -0.1) is 11.3 Å². The Labute approximate surface area is 414 Å². The molecule has 3 nitrogen and oxygen atoms in total. The summed E-state index contributed by atoms with van der Waals surface area (Å²) in [5.41, 5.74) is 17.5. The highest BCUT2D eigenvalue weighted by atomic mass is 32.1. The van der Waals surface area contributed by atoms with Crippen LogP contribution < -0.4 is 4.90 Å². The third kappa shape index (κ3) is 5.89. The van der Waals surface area contributed by atoms with Crippen molar-refractivity contribution in [1.82, 2.24) is 4.57 Å². The highest BCUT2D eigenvalue weighted by Gasteiger charge is 2.46. The van der Waals surface area contributed by atoms with Crippen LogP contribution in [0.5, 0.6) is 0 Å². The van der Waals surface area contributed by atoms with Gasteiger partial charge in [0.2, 0.25) is 0 Å². The molecule has 0 saturated heterocycles. The smallest absolute Gasteiger partial charge is 0.143 e. The summed E-state index contributed by atoms with van der Waals surface area (Å²) in [7, 11) is 0. The number of fused-ring (bicyclic) bond motifs is 12. The fraction of sp³-hybridized carbons (Fsp3) is 0.0149. The van der Waals surface area contributed by atoms with E-state index in [1.807, 2.05) is 11.3 Å². The zero-order valence-corrected chi connectivity index (χ0v) is 39.3. The van der Waals surface area contributed by atoms with E-state index in [0.717, 1.165) is 61.3 Å². The molecular formula is C67H42N2OS. The summed E-state index contributed by atoms with van der Waals surface area (Å²) in [5, 5.41) is 7.08. The minimum absolute atomic E-state index is 0.562. The lowest BCUT2D eigenvalue weighted by Crippen LogP contribution is -2.28. The Hall–Kier alpha value is -8.96.